The summed E-state index contributed by atoms with van der Waals surface area (Å²) in [4.78, 5) is 25.3. The van der Waals surface area contributed by atoms with Crippen LogP contribution in [0.1, 0.15) is 78.5 Å². The molecule has 0 bridgehead atoms. The molecule has 0 radical (unpaired) electrons. The molecule has 1 aliphatic heterocycles. The summed E-state index contributed by atoms with van der Waals surface area (Å²) in [5.74, 6) is 0.190. The smallest absolute Gasteiger partial charge is 0.397 e. The van der Waals surface area contributed by atoms with Crippen molar-refractivity contribution in [3.8, 4) is 5.75 Å². The molecule has 36 heavy (non-hydrogen) atoms. The quantitative estimate of drug-likeness (QED) is 0.476. The Morgan fingerprint density at radius 1 is 1.14 bits per heavy atom. The van der Waals surface area contributed by atoms with Gasteiger partial charge in [-0.25, -0.2) is 9.18 Å². The summed E-state index contributed by atoms with van der Waals surface area (Å²) >= 11 is 0. The van der Waals surface area contributed by atoms with Crippen LogP contribution in [0.15, 0.2) is 27.9 Å². The third-order valence-electron chi connectivity index (χ3n) is 5.69. The van der Waals surface area contributed by atoms with Crippen molar-refractivity contribution in [2.24, 2.45) is 0 Å². The van der Waals surface area contributed by atoms with E-state index >= 15 is 4.39 Å². The molecule has 0 saturated heterocycles. The summed E-state index contributed by atoms with van der Waals surface area (Å²) in [5.41, 5.74) is 0.409. The van der Waals surface area contributed by atoms with Crippen LogP contribution in [0.2, 0.25) is 0 Å². The predicted molar refractivity (Wildman–Crippen MR) is 140 cm³/mol. The molecule has 2 heterocycles. The number of hydrogen-bond acceptors (Lipinski definition) is 6. The van der Waals surface area contributed by atoms with E-state index in [0.717, 1.165) is 5.56 Å². The number of methoxy groups -OCH3 is 1. The highest BCUT2D eigenvalue weighted by molar-refractivity contribution is 7.42. The van der Waals surface area contributed by atoms with Crippen LogP contribution < -0.4 is 15.8 Å². The maximum absolute atomic E-state index is 15.4. The lowest BCUT2D eigenvalue weighted by molar-refractivity contribution is 0.0396. The molecule has 0 aliphatic carbocycles. The first-order chi connectivity index (χ1) is 16.8. The van der Waals surface area contributed by atoms with Gasteiger partial charge in [-0.15, -0.1) is 0 Å². The van der Waals surface area contributed by atoms with Crippen LogP contribution in [-0.2, 0) is 37.8 Å². The second-order valence-electron chi connectivity index (χ2n) is 10.4. The number of aromatic nitrogens is 2. The Labute approximate surface area is 214 Å². The molecule has 1 aromatic carbocycles. The number of benzene rings is 1. The topological polar surface area (TPSA) is 91.8 Å². The summed E-state index contributed by atoms with van der Waals surface area (Å²) in [6.45, 7) is 16.7. The zero-order valence-corrected chi connectivity index (χ0v) is 23.8. The summed E-state index contributed by atoms with van der Waals surface area (Å²) in [6, 6.07) is 3.19. The number of H-pyrrole nitrogens is 1. The molecule has 8 nitrogen and oxygen atoms in total. The summed E-state index contributed by atoms with van der Waals surface area (Å²) in [5, 5.41) is 0. The number of aromatic amines is 1. The van der Waals surface area contributed by atoms with Crippen molar-refractivity contribution in [3.05, 3.63) is 61.7 Å². The number of fused-ring (bicyclic) bond motifs is 1. The van der Waals surface area contributed by atoms with Crippen LogP contribution in [0.3, 0.4) is 0 Å². The van der Waals surface area contributed by atoms with Gasteiger partial charge in [-0.1, -0.05) is 55.4 Å². The summed E-state index contributed by atoms with van der Waals surface area (Å²) in [6.07, 6.45) is 1.58. The number of ether oxygens (including phenoxy) is 1. The predicted octanol–water partition coefficient (Wildman–Crippen LogP) is 5.55. The van der Waals surface area contributed by atoms with Crippen LogP contribution in [0, 0.1) is 5.82 Å². The van der Waals surface area contributed by atoms with Gasteiger partial charge < -0.3 is 13.8 Å². The van der Waals surface area contributed by atoms with Gasteiger partial charge in [0.05, 0.1) is 24.9 Å². The van der Waals surface area contributed by atoms with Gasteiger partial charge in [0.25, 0.3) is 5.56 Å². The Morgan fingerprint density at radius 2 is 1.78 bits per heavy atom. The number of aryl methyl sites for hydroxylation is 1. The minimum Gasteiger partial charge on any atom is -0.426 e. The van der Waals surface area contributed by atoms with E-state index in [0.29, 0.717) is 29.8 Å². The molecule has 0 saturated carbocycles. The second-order valence-corrected chi connectivity index (χ2v) is 11.6. The molecular formula is C26H40FN2O6P. The van der Waals surface area contributed by atoms with E-state index < -0.39 is 19.9 Å². The zero-order valence-electron chi connectivity index (χ0n) is 22.9. The Morgan fingerprint density at radius 3 is 2.33 bits per heavy atom. The first kappa shape index (κ1) is 30.2. The Bertz CT molecular complexity index is 1130. The van der Waals surface area contributed by atoms with Crippen molar-refractivity contribution in [2.45, 2.75) is 91.9 Å². The Hall–Kier alpha value is -2.06. The highest BCUT2D eigenvalue weighted by Gasteiger charge is 2.35. The highest BCUT2D eigenvalue weighted by atomic mass is 31.2. The lowest BCUT2D eigenvalue weighted by atomic mass is 9.78. The van der Waals surface area contributed by atoms with E-state index in [1.165, 1.54) is 16.8 Å². The molecule has 3 rings (SSSR count). The van der Waals surface area contributed by atoms with E-state index in [-0.39, 0.29) is 36.0 Å². The lowest BCUT2D eigenvalue weighted by Gasteiger charge is -2.33. The van der Waals surface area contributed by atoms with Gasteiger partial charge in [-0.2, -0.15) is 0 Å². The zero-order chi connectivity index (χ0) is 27.3. The highest BCUT2D eigenvalue weighted by Crippen LogP contribution is 2.52. The standard InChI is InChI=1S/C24H34FN2O6P.C2H6/c1-23(2,3)17-12-18(24(4,5)6)21-16(20(17)25)14-32-34(33-21)31-13-15(30-7)8-10-27-11-9-19(28)26-22(27)29;1-2/h9,11-12,15H,8,10,13-14H2,1-7H3,(H,26,28,29);1-2H3. The molecule has 2 atom stereocenters. The van der Waals surface area contributed by atoms with Gasteiger partial charge in [0.15, 0.2) is 0 Å². The van der Waals surface area contributed by atoms with Gasteiger partial charge in [0.2, 0.25) is 0 Å². The molecular weight excluding hydrogens is 486 g/mol. The van der Waals surface area contributed by atoms with Crippen molar-refractivity contribution >= 4 is 8.60 Å². The molecule has 2 unspecified atom stereocenters. The number of nitrogens with zero attached hydrogens (tertiary/aromatic N) is 1. The van der Waals surface area contributed by atoms with Crippen molar-refractivity contribution in [3.63, 3.8) is 0 Å². The molecule has 202 valence electrons. The third-order valence-corrected chi connectivity index (χ3v) is 6.72. The molecule has 1 aromatic heterocycles. The Balaban J connectivity index is 0.00000222. The van der Waals surface area contributed by atoms with E-state index in [1.807, 2.05) is 40.7 Å². The van der Waals surface area contributed by atoms with Gasteiger partial charge in [0.1, 0.15) is 11.6 Å². The molecule has 0 amide bonds. The van der Waals surface area contributed by atoms with Crippen molar-refractivity contribution in [1.82, 2.24) is 9.55 Å². The fourth-order valence-corrected chi connectivity index (χ4v) is 4.69. The Kier molecular flexibility index (Phi) is 10.4. The van der Waals surface area contributed by atoms with Gasteiger partial charge in [-0.3, -0.25) is 18.8 Å². The van der Waals surface area contributed by atoms with Gasteiger partial charge >= 0.3 is 14.3 Å². The van der Waals surface area contributed by atoms with Crippen molar-refractivity contribution < 1.29 is 22.7 Å². The largest absolute Gasteiger partial charge is 0.426 e. The number of nitrogens with one attached hydrogen (secondary N) is 1. The SMILES string of the molecule is CC.COC(CCn1ccc(=O)[nH]c1=O)COP1OCc2c(F)c(C(C)(C)C)cc(C(C)(C)C)c2O1. The molecule has 0 fully saturated rings. The molecule has 0 spiro atoms. The lowest BCUT2D eigenvalue weighted by Crippen LogP contribution is -2.30. The van der Waals surface area contributed by atoms with Crippen molar-refractivity contribution in [1.29, 1.82) is 0 Å². The number of hydrogen-bond donors (Lipinski definition) is 1. The van der Waals surface area contributed by atoms with Crippen LogP contribution in [-0.4, -0.2) is 29.4 Å². The van der Waals surface area contributed by atoms with E-state index in [1.54, 1.807) is 7.11 Å². The normalized spacial score (nSPS) is 16.4. The van der Waals surface area contributed by atoms with Gasteiger partial charge in [-0.05, 0) is 28.9 Å². The third kappa shape index (κ3) is 7.48. The molecule has 10 heteroatoms. The number of halogens is 1. The molecule has 2 aromatic rings. The fourth-order valence-electron chi connectivity index (χ4n) is 3.63. The monoisotopic (exact) mass is 526 g/mol. The first-order valence-corrected chi connectivity index (χ1v) is 13.3. The molecule has 1 N–H and O–H groups in total. The number of rotatable bonds is 7. The van der Waals surface area contributed by atoms with Crippen LogP contribution in [0.4, 0.5) is 4.39 Å². The second kappa shape index (κ2) is 12.5. The van der Waals surface area contributed by atoms with Crippen LogP contribution >= 0.6 is 8.60 Å². The first-order valence-electron chi connectivity index (χ1n) is 12.2. The average molecular weight is 527 g/mol. The fraction of sp³-hybridized carbons (Fsp3) is 0.615. The summed E-state index contributed by atoms with van der Waals surface area (Å²) in [7, 11) is -0.197. The molecule has 1 aliphatic rings. The van der Waals surface area contributed by atoms with E-state index in [2.05, 4.69) is 25.8 Å². The minimum atomic E-state index is -1.75. The maximum Gasteiger partial charge on any atom is 0.397 e. The van der Waals surface area contributed by atoms with E-state index in [4.69, 9.17) is 18.3 Å². The summed E-state index contributed by atoms with van der Waals surface area (Å²) < 4.78 is 39.9. The van der Waals surface area contributed by atoms with E-state index in [9.17, 15) is 9.59 Å². The average Bonchev–Trinajstić information content (AvgIpc) is 2.80. The minimum absolute atomic E-state index is 0.0598. The van der Waals surface area contributed by atoms with Crippen LogP contribution in [0.5, 0.6) is 5.75 Å². The van der Waals surface area contributed by atoms with Crippen molar-refractivity contribution in [2.75, 3.05) is 13.7 Å². The maximum atomic E-state index is 15.4. The van der Waals surface area contributed by atoms with Gasteiger partial charge in [0, 0.05) is 31.5 Å². The van der Waals surface area contributed by atoms with Crippen LogP contribution in [0.25, 0.3) is 0 Å².